The zero-order valence-electron chi connectivity index (χ0n) is 36.4. The number of carbonyl (C=O) groups excluding carboxylic acids is 3. The lowest BCUT2D eigenvalue weighted by Crippen LogP contribution is -2.29. The molecule has 0 aromatic carbocycles. The number of hydrogen-bond donors (Lipinski definition) is 5. The molecule has 0 bridgehead atoms. The molecule has 1 fully saturated rings. The van der Waals surface area contributed by atoms with E-state index in [9.17, 15) is 39.2 Å². The molecule has 0 heterocycles. The Morgan fingerprint density at radius 1 is 0.767 bits per heavy atom. The van der Waals surface area contributed by atoms with Crippen LogP contribution in [0.2, 0.25) is 0 Å². The Kier molecular flexibility index (Phi) is 33.0. The van der Waals surface area contributed by atoms with Crippen molar-refractivity contribution in [1.29, 1.82) is 0 Å². The van der Waals surface area contributed by atoms with E-state index in [0.717, 1.165) is 83.5 Å². The van der Waals surface area contributed by atoms with Crippen LogP contribution in [0.15, 0.2) is 60.8 Å². The maximum Gasteiger partial charge on any atom is 0.472 e. The molecule has 7 atom stereocenters. The van der Waals surface area contributed by atoms with Crippen molar-refractivity contribution in [2.24, 2.45) is 11.8 Å². The summed E-state index contributed by atoms with van der Waals surface area (Å²) in [5.74, 6) is -1.77. The summed E-state index contributed by atoms with van der Waals surface area (Å²) in [6, 6.07) is 0. The van der Waals surface area contributed by atoms with E-state index in [-0.39, 0.29) is 31.0 Å². The van der Waals surface area contributed by atoms with Crippen LogP contribution in [0.5, 0.6) is 0 Å². The minimum Gasteiger partial charge on any atom is -0.462 e. The van der Waals surface area contributed by atoms with Gasteiger partial charge in [-0.25, -0.2) is 4.57 Å². The van der Waals surface area contributed by atoms with Gasteiger partial charge >= 0.3 is 19.8 Å². The van der Waals surface area contributed by atoms with E-state index in [2.05, 4.69) is 67.0 Å². The molecule has 0 aliphatic heterocycles. The van der Waals surface area contributed by atoms with Gasteiger partial charge in [-0.3, -0.25) is 23.4 Å². The lowest BCUT2D eigenvalue weighted by molar-refractivity contribution is -0.161. The van der Waals surface area contributed by atoms with E-state index >= 15 is 0 Å². The average molecular weight is 869 g/mol. The van der Waals surface area contributed by atoms with E-state index in [4.69, 9.17) is 19.1 Å². The maximum atomic E-state index is 12.7. The first-order valence-corrected chi connectivity index (χ1v) is 23.8. The number of ether oxygens (including phenoxy) is 2. The lowest BCUT2D eigenvalue weighted by Gasteiger charge is -2.20. The van der Waals surface area contributed by atoms with E-state index in [1.165, 1.54) is 0 Å². The van der Waals surface area contributed by atoms with E-state index < -0.39 is 76.5 Å². The van der Waals surface area contributed by atoms with E-state index in [0.29, 0.717) is 32.1 Å². The van der Waals surface area contributed by atoms with Crippen LogP contribution in [0.25, 0.3) is 0 Å². The van der Waals surface area contributed by atoms with Gasteiger partial charge < -0.3 is 34.8 Å². The van der Waals surface area contributed by atoms with Gasteiger partial charge in [0.15, 0.2) is 6.10 Å². The molecular formula is C46H77O13P. The summed E-state index contributed by atoms with van der Waals surface area (Å²) in [5, 5.41) is 39.2. The number of esters is 2. The quantitative estimate of drug-likeness (QED) is 0.0172. The first-order chi connectivity index (χ1) is 28.9. The summed E-state index contributed by atoms with van der Waals surface area (Å²) >= 11 is 0. The number of aliphatic hydroxyl groups excluding tert-OH is 4. The van der Waals surface area contributed by atoms with Gasteiger partial charge in [-0.05, 0) is 70.1 Å². The number of phosphoric ester groups is 1. The smallest absolute Gasteiger partial charge is 0.462 e. The molecule has 60 heavy (non-hydrogen) atoms. The maximum absolute atomic E-state index is 12.7. The number of aliphatic hydroxyl groups is 4. The summed E-state index contributed by atoms with van der Waals surface area (Å²) in [7, 11) is -4.69. The molecular weight excluding hydrogens is 791 g/mol. The van der Waals surface area contributed by atoms with Gasteiger partial charge in [-0.1, -0.05) is 126 Å². The fourth-order valence-corrected chi connectivity index (χ4v) is 7.38. The SMILES string of the molecule is CC/C=C\C/C=C\C/C=C\C/C=C\CCCCCCC(=O)OC[C@H](COP(=O)(O)OC[C@@H](O)CO)OC(=O)CCCCCC[C@H]1[C@@H](O)CC(=O)[C@@H]1/C=C/[C@@H](O)CCCCC. The number of Topliss-reactive ketones (excluding diaryl/α,β-unsaturated/α-hetero) is 1. The molecule has 13 nitrogen and oxygen atoms in total. The van der Waals surface area contributed by atoms with Gasteiger partial charge in [0.1, 0.15) is 18.5 Å². The predicted octanol–water partition coefficient (Wildman–Crippen LogP) is 8.48. The topological polar surface area (TPSA) is 206 Å². The Morgan fingerprint density at radius 2 is 1.37 bits per heavy atom. The second-order valence-corrected chi connectivity index (χ2v) is 16.9. The first kappa shape index (κ1) is 55.3. The molecule has 1 aliphatic carbocycles. The van der Waals surface area contributed by atoms with Crippen LogP contribution in [0.1, 0.15) is 149 Å². The minimum atomic E-state index is -4.69. The Morgan fingerprint density at radius 3 is 2.02 bits per heavy atom. The molecule has 0 aromatic rings. The molecule has 14 heteroatoms. The van der Waals surface area contributed by atoms with Crippen molar-refractivity contribution in [2.45, 2.75) is 173 Å². The van der Waals surface area contributed by atoms with E-state index in [1.807, 2.05) is 0 Å². The zero-order valence-corrected chi connectivity index (χ0v) is 37.3. The van der Waals surface area contributed by atoms with Crippen LogP contribution in [-0.4, -0.2) is 93.9 Å². The molecule has 1 unspecified atom stereocenters. The number of carbonyl (C=O) groups is 3. The normalized spacial score (nSPS) is 19.9. The minimum absolute atomic E-state index is 0.0208. The van der Waals surface area contributed by atoms with Crippen LogP contribution in [-0.2, 0) is 37.5 Å². The predicted molar refractivity (Wildman–Crippen MR) is 234 cm³/mol. The van der Waals surface area contributed by atoms with Crippen LogP contribution in [0.4, 0.5) is 0 Å². The monoisotopic (exact) mass is 869 g/mol. The third-order valence-corrected chi connectivity index (χ3v) is 11.0. The van der Waals surface area contributed by atoms with Gasteiger partial charge in [0.05, 0.1) is 32.0 Å². The molecule has 0 radical (unpaired) electrons. The molecule has 5 N–H and O–H groups in total. The summed E-state index contributed by atoms with van der Waals surface area (Å²) in [6.07, 6.45) is 32.3. The molecule has 1 rings (SSSR count). The molecule has 1 aliphatic rings. The van der Waals surface area contributed by atoms with Crippen molar-refractivity contribution in [2.75, 3.05) is 26.4 Å². The summed E-state index contributed by atoms with van der Waals surface area (Å²) in [5.41, 5.74) is 0. The Bertz CT molecular complexity index is 1340. The van der Waals surface area contributed by atoms with Crippen molar-refractivity contribution < 1.29 is 62.8 Å². The standard InChI is InChI=1S/C46H77O13P/c1-3-5-7-8-9-10-11-12-13-14-15-16-17-18-19-20-25-29-45(52)56-36-40(37-58-60(54,55)57-35-39(49)34-47)59-46(53)30-26-22-21-24-28-41-42(44(51)33-43(41)50)32-31-38(48)27-23-6-4-2/h5,7,9-10,12-13,15-16,31-32,38-43,47-50H,3-4,6,8,11,14,17-30,33-37H2,1-2H3,(H,54,55)/b7-5-,10-9-,13-12-,16-15-,32-31+/t38-,39-,40+,41+,42+,43-/m0/s1. The van der Waals surface area contributed by atoms with Crippen molar-refractivity contribution in [3.05, 3.63) is 60.8 Å². The highest BCUT2D eigenvalue weighted by Crippen LogP contribution is 2.43. The second-order valence-electron chi connectivity index (χ2n) is 15.5. The van der Waals surface area contributed by atoms with Crippen LogP contribution in [0.3, 0.4) is 0 Å². The van der Waals surface area contributed by atoms with E-state index in [1.54, 1.807) is 12.2 Å². The molecule has 0 amide bonds. The number of allylic oxidation sites excluding steroid dienone is 9. The average Bonchev–Trinajstić information content (AvgIpc) is 3.49. The van der Waals surface area contributed by atoms with Crippen LogP contribution < -0.4 is 0 Å². The van der Waals surface area contributed by atoms with Crippen LogP contribution >= 0.6 is 7.82 Å². The first-order valence-electron chi connectivity index (χ1n) is 22.3. The number of phosphoric acid groups is 1. The number of hydrogen-bond acceptors (Lipinski definition) is 12. The third kappa shape index (κ3) is 29.5. The van der Waals surface area contributed by atoms with Gasteiger partial charge in [0, 0.05) is 25.2 Å². The summed E-state index contributed by atoms with van der Waals surface area (Å²) in [4.78, 5) is 47.8. The molecule has 0 saturated heterocycles. The number of unbranched alkanes of at least 4 members (excludes halogenated alkanes) is 9. The van der Waals surface area contributed by atoms with Gasteiger partial charge in [0.25, 0.3) is 0 Å². The Hall–Kier alpha value is -2.74. The molecule has 1 saturated carbocycles. The second kappa shape index (κ2) is 35.8. The van der Waals surface area contributed by atoms with Crippen molar-refractivity contribution in [3.8, 4) is 0 Å². The summed E-state index contributed by atoms with van der Waals surface area (Å²) in [6.45, 7) is 1.85. The largest absolute Gasteiger partial charge is 0.472 e. The zero-order chi connectivity index (χ0) is 44.3. The van der Waals surface area contributed by atoms with Crippen molar-refractivity contribution in [1.82, 2.24) is 0 Å². The third-order valence-electron chi connectivity index (χ3n) is 10.1. The Labute approximate surface area is 359 Å². The van der Waals surface area contributed by atoms with Crippen molar-refractivity contribution in [3.63, 3.8) is 0 Å². The highest BCUT2D eigenvalue weighted by molar-refractivity contribution is 7.47. The van der Waals surface area contributed by atoms with Gasteiger partial charge in [-0.15, -0.1) is 0 Å². The van der Waals surface area contributed by atoms with Gasteiger partial charge in [0.2, 0.25) is 0 Å². The summed E-state index contributed by atoms with van der Waals surface area (Å²) < 4.78 is 32.7. The van der Waals surface area contributed by atoms with Gasteiger partial charge in [-0.2, -0.15) is 0 Å². The fourth-order valence-electron chi connectivity index (χ4n) is 6.59. The van der Waals surface area contributed by atoms with Crippen molar-refractivity contribution >= 4 is 25.5 Å². The molecule has 344 valence electrons. The fraction of sp³-hybridized carbons (Fsp3) is 0.717. The highest BCUT2D eigenvalue weighted by atomic mass is 31.2. The number of ketones is 1. The highest BCUT2D eigenvalue weighted by Gasteiger charge is 2.39. The Balaban J connectivity index is 2.46. The molecule has 0 aromatic heterocycles. The number of rotatable bonds is 37. The lowest BCUT2D eigenvalue weighted by atomic mass is 9.88. The van der Waals surface area contributed by atoms with Crippen LogP contribution in [0, 0.1) is 11.8 Å². The molecule has 0 spiro atoms.